The van der Waals surface area contributed by atoms with Gasteiger partial charge < -0.3 is 5.32 Å². The van der Waals surface area contributed by atoms with Gasteiger partial charge in [-0.25, -0.2) is 0 Å². The monoisotopic (exact) mass is 348 g/mol. The van der Waals surface area contributed by atoms with Crippen LogP contribution >= 0.6 is 15.9 Å². The van der Waals surface area contributed by atoms with E-state index in [1.807, 2.05) is 18.2 Å². The molecule has 0 spiro atoms. The van der Waals surface area contributed by atoms with Crippen LogP contribution in [0.5, 0.6) is 0 Å². The average molecular weight is 349 g/mol. The molecule has 110 valence electrons. The van der Waals surface area contributed by atoms with Crippen LogP contribution in [0.4, 0.5) is 5.69 Å². The predicted molar refractivity (Wildman–Crippen MR) is 87.2 cm³/mol. The Labute approximate surface area is 132 Å². The zero-order valence-corrected chi connectivity index (χ0v) is 13.6. The highest BCUT2D eigenvalue weighted by molar-refractivity contribution is 9.10. The van der Waals surface area contributed by atoms with Crippen LogP contribution in [0, 0.1) is 17.0 Å². The maximum absolute atomic E-state index is 11.1. The second kappa shape index (κ2) is 6.83. The molecule has 0 fully saturated rings. The first-order chi connectivity index (χ1) is 9.99. The number of hydrogen-bond acceptors (Lipinski definition) is 3. The minimum atomic E-state index is -0.347. The maximum atomic E-state index is 11.1. The standard InChI is InChI=1S/C16H17BrN2O2/c1-11-5-3-4-6-15(11)12(2)18-10-13-7-8-14(17)9-16(13)19(20)21/h3-9,12,18H,10H2,1-2H3. The van der Waals surface area contributed by atoms with Crippen LogP contribution in [0.15, 0.2) is 46.9 Å². The van der Waals surface area contributed by atoms with Crippen molar-refractivity contribution in [3.8, 4) is 0 Å². The lowest BCUT2D eigenvalue weighted by molar-refractivity contribution is -0.385. The topological polar surface area (TPSA) is 55.2 Å². The summed E-state index contributed by atoms with van der Waals surface area (Å²) >= 11 is 3.27. The molecule has 1 atom stereocenters. The molecule has 2 aromatic carbocycles. The van der Waals surface area contributed by atoms with Crippen molar-refractivity contribution in [2.45, 2.75) is 26.4 Å². The number of benzene rings is 2. The fraction of sp³-hybridized carbons (Fsp3) is 0.250. The molecule has 1 unspecified atom stereocenters. The van der Waals surface area contributed by atoms with E-state index in [0.717, 1.165) is 0 Å². The lowest BCUT2D eigenvalue weighted by Crippen LogP contribution is -2.19. The Morgan fingerprint density at radius 2 is 2.00 bits per heavy atom. The van der Waals surface area contributed by atoms with Gasteiger partial charge in [0.1, 0.15) is 0 Å². The minimum Gasteiger partial charge on any atom is -0.306 e. The van der Waals surface area contributed by atoms with Crippen LogP contribution in [-0.4, -0.2) is 4.92 Å². The number of nitrogens with zero attached hydrogens (tertiary/aromatic N) is 1. The zero-order valence-electron chi connectivity index (χ0n) is 12.0. The smallest absolute Gasteiger partial charge is 0.275 e. The van der Waals surface area contributed by atoms with Gasteiger partial charge in [-0.3, -0.25) is 10.1 Å². The van der Waals surface area contributed by atoms with E-state index in [4.69, 9.17) is 0 Å². The summed E-state index contributed by atoms with van der Waals surface area (Å²) in [5, 5.41) is 14.5. The van der Waals surface area contributed by atoms with Crippen molar-refractivity contribution in [3.05, 3.63) is 73.7 Å². The summed E-state index contributed by atoms with van der Waals surface area (Å²) in [6.07, 6.45) is 0. The third kappa shape index (κ3) is 3.89. The maximum Gasteiger partial charge on any atom is 0.275 e. The molecule has 0 aromatic heterocycles. The number of nitrogens with one attached hydrogen (secondary N) is 1. The Morgan fingerprint density at radius 3 is 2.67 bits per heavy atom. The fourth-order valence-corrected chi connectivity index (χ4v) is 2.65. The molecule has 0 bridgehead atoms. The molecule has 0 aliphatic rings. The van der Waals surface area contributed by atoms with Gasteiger partial charge in [0.15, 0.2) is 0 Å². The second-order valence-electron chi connectivity index (χ2n) is 4.99. The van der Waals surface area contributed by atoms with Crippen molar-refractivity contribution in [2.75, 3.05) is 0 Å². The minimum absolute atomic E-state index is 0.133. The first-order valence-electron chi connectivity index (χ1n) is 6.70. The number of halogens is 1. The van der Waals surface area contributed by atoms with Crippen molar-refractivity contribution in [3.63, 3.8) is 0 Å². The molecule has 0 radical (unpaired) electrons. The van der Waals surface area contributed by atoms with Gasteiger partial charge in [0.2, 0.25) is 0 Å². The van der Waals surface area contributed by atoms with Crippen molar-refractivity contribution in [2.24, 2.45) is 0 Å². The highest BCUT2D eigenvalue weighted by Gasteiger charge is 2.15. The van der Waals surface area contributed by atoms with E-state index in [-0.39, 0.29) is 16.7 Å². The Hall–Kier alpha value is -1.72. The van der Waals surface area contributed by atoms with E-state index in [9.17, 15) is 10.1 Å². The lowest BCUT2D eigenvalue weighted by atomic mass is 10.0. The van der Waals surface area contributed by atoms with Crippen LogP contribution < -0.4 is 5.32 Å². The van der Waals surface area contributed by atoms with Gasteiger partial charge in [0.05, 0.1) is 4.92 Å². The first kappa shape index (κ1) is 15.7. The van der Waals surface area contributed by atoms with E-state index >= 15 is 0 Å². The third-order valence-electron chi connectivity index (χ3n) is 3.50. The number of nitro groups is 1. The summed E-state index contributed by atoms with van der Waals surface area (Å²) in [5.41, 5.74) is 3.23. The number of aryl methyl sites for hydroxylation is 1. The molecule has 21 heavy (non-hydrogen) atoms. The summed E-state index contributed by atoms with van der Waals surface area (Å²) in [6, 6.07) is 13.4. The van der Waals surface area contributed by atoms with Gasteiger partial charge in [-0.1, -0.05) is 40.2 Å². The normalized spacial score (nSPS) is 12.1. The summed E-state index contributed by atoms with van der Waals surface area (Å²) in [4.78, 5) is 10.8. The summed E-state index contributed by atoms with van der Waals surface area (Å²) in [7, 11) is 0. The van der Waals surface area contributed by atoms with Crippen LogP contribution in [-0.2, 0) is 6.54 Å². The largest absolute Gasteiger partial charge is 0.306 e. The van der Waals surface area contributed by atoms with Gasteiger partial charge in [0.25, 0.3) is 5.69 Å². The molecule has 2 rings (SSSR count). The summed E-state index contributed by atoms with van der Waals surface area (Å²) < 4.78 is 0.713. The van der Waals surface area contributed by atoms with E-state index in [1.165, 1.54) is 17.2 Å². The SMILES string of the molecule is Cc1ccccc1C(C)NCc1ccc(Br)cc1[N+](=O)[O-]. The summed E-state index contributed by atoms with van der Waals surface area (Å²) in [5.74, 6) is 0. The van der Waals surface area contributed by atoms with Gasteiger partial charge in [-0.15, -0.1) is 0 Å². The molecule has 0 amide bonds. The molecule has 5 heteroatoms. The Kier molecular flexibility index (Phi) is 5.09. The molecular formula is C16H17BrN2O2. The number of hydrogen-bond donors (Lipinski definition) is 1. The molecule has 0 saturated carbocycles. The van der Waals surface area contributed by atoms with Gasteiger partial charge in [0, 0.05) is 28.7 Å². The highest BCUT2D eigenvalue weighted by atomic mass is 79.9. The average Bonchev–Trinajstić information content (AvgIpc) is 2.46. The van der Waals surface area contributed by atoms with Gasteiger partial charge in [-0.2, -0.15) is 0 Å². The van der Waals surface area contributed by atoms with Crippen LogP contribution in [0.25, 0.3) is 0 Å². The van der Waals surface area contributed by atoms with Gasteiger partial charge >= 0.3 is 0 Å². The van der Waals surface area contributed by atoms with E-state index in [1.54, 1.807) is 6.07 Å². The Morgan fingerprint density at radius 1 is 1.29 bits per heavy atom. The van der Waals surface area contributed by atoms with Crippen molar-refractivity contribution in [1.82, 2.24) is 5.32 Å². The predicted octanol–water partition coefficient (Wildman–Crippen LogP) is 4.52. The fourth-order valence-electron chi connectivity index (χ4n) is 2.30. The third-order valence-corrected chi connectivity index (χ3v) is 3.99. The van der Waals surface area contributed by atoms with E-state index in [0.29, 0.717) is 16.6 Å². The Balaban J connectivity index is 2.13. The number of nitro benzene ring substituents is 1. The van der Waals surface area contributed by atoms with Crippen LogP contribution in [0.1, 0.15) is 29.7 Å². The lowest BCUT2D eigenvalue weighted by Gasteiger charge is -2.16. The van der Waals surface area contributed by atoms with Gasteiger partial charge in [-0.05, 0) is 37.1 Å². The van der Waals surface area contributed by atoms with Crippen molar-refractivity contribution >= 4 is 21.6 Å². The van der Waals surface area contributed by atoms with Crippen LogP contribution in [0.3, 0.4) is 0 Å². The molecule has 1 N–H and O–H groups in total. The molecule has 0 aliphatic carbocycles. The molecular weight excluding hydrogens is 332 g/mol. The molecule has 4 nitrogen and oxygen atoms in total. The van der Waals surface area contributed by atoms with Crippen LogP contribution in [0.2, 0.25) is 0 Å². The Bertz CT molecular complexity index is 658. The first-order valence-corrected chi connectivity index (χ1v) is 7.50. The van der Waals surface area contributed by atoms with Crippen molar-refractivity contribution in [1.29, 1.82) is 0 Å². The van der Waals surface area contributed by atoms with E-state index in [2.05, 4.69) is 47.2 Å². The second-order valence-corrected chi connectivity index (χ2v) is 5.90. The zero-order chi connectivity index (χ0) is 15.4. The molecule has 2 aromatic rings. The number of rotatable bonds is 5. The van der Waals surface area contributed by atoms with Crippen molar-refractivity contribution < 1.29 is 4.92 Å². The summed E-state index contributed by atoms with van der Waals surface area (Å²) in [6.45, 7) is 4.59. The quantitative estimate of drug-likeness (QED) is 0.638. The van der Waals surface area contributed by atoms with E-state index < -0.39 is 0 Å². The highest BCUT2D eigenvalue weighted by Crippen LogP contribution is 2.24. The molecule has 0 aliphatic heterocycles. The molecule has 0 heterocycles. The molecule has 0 saturated heterocycles.